The maximum atomic E-state index is 5.17. The van der Waals surface area contributed by atoms with Gasteiger partial charge in [-0.2, -0.15) is 0 Å². The summed E-state index contributed by atoms with van der Waals surface area (Å²) < 4.78 is 0. The summed E-state index contributed by atoms with van der Waals surface area (Å²) in [6, 6.07) is 0. The number of hydroxylamine groups is 1. The van der Waals surface area contributed by atoms with Gasteiger partial charge in [-0.05, 0) is 12.8 Å². The average molecular weight is 159 g/mol. The fourth-order valence-electron chi connectivity index (χ4n) is 0.808. The van der Waals surface area contributed by atoms with Crippen molar-refractivity contribution < 1.29 is 4.84 Å². The first-order chi connectivity index (χ1) is 5.41. The molecule has 0 saturated heterocycles. The Morgan fingerprint density at radius 1 is 1.00 bits per heavy atom. The molecule has 0 aromatic rings. The summed E-state index contributed by atoms with van der Waals surface area (Å²) in [6.45, 7) is 6.22. The molecule has 0 aliphatic carbocycles. The van der Waals surface area contributed by atoms with Gasteiger partial charge in [0.1, 0.15) is 0 Å². The van der Waals surface area contributed by atoms with Gasteiger partial charge in [-0.25, -0.2) is 5.48 Å². The molecule has 0 amide bonds. The summed E-state index contributed by atoms with van der Waals surface area (Å²) in [7, 11) is 0. The lowest BCUT2D eigenvalue weighted by molar-refractivity contribution is 0.0385. The van der Waals surface area contributed by atoms with Crippen LogP contribution < -0.4 is 5.48 Å². The fraction of sp³-hybridized carbons (Fsp3) is 1.00. The molecule has 0 aromatic carbocycles. The largest absolute Gasteiger partial charge is 0.302 e. The highest BCUT2D eigenvalue weighted by Crippen LogP contribution is 1.91. The van der Waals surface area contributed by atoms with E-state index in [1.54, 1.807) is 0 Å². The summed E-state index contributed by atoms with van der Waals surface area (Å²) in [5, 5.41) is 0. The van der Waals surface area contributed by atoms with Gasteiger partial charge < -0.3 is 4.84 Å². The Hall–Kier alpha value is -0.0800. The molecule has 0 radical (unpaired) electrons. The van der Waals surface area contributed by atoms with Crippen molar-refractivity contribution in [3.63, 3.8) is 0 Å². The zero-order chi connectivity index (χ0) is 8.36. The van der Waals surface area contributed by atoms with Crippen LogP contribution in [0.4, 0.5) is 0 Å². The van der Waals surface area contributed by atoms with Crippen molar-refractivity contribution in [1.29, 1.82) is 0 Å². The van der Waals surface area contributed by atoms with Gasteiger partial charge in [0, 0.05) is 6.54 Å². The van der Waals surface area contributed by atoms with Crippen molar-refractivity contribution in [3.05, 3.63) is 0 Å². The summed E-state index contributed by atoms with van der Waals surface area (Å²) in [6.07, 6.45) is 6.15. The van der Waals surface area contributed by atoms with Gasteiger partial charge in [0.15, 0.2) is 0 Å². The van der Waals surface area contributed by atoms with Gasteiger partial charge in [0.2, 0.25) is 0 Å². The molecule has 2 nitrogen and oxygen atoms in total. The Bertz CT molecular complexity index is 58.6. The number of hydrogen-bond donors (Lipinski definition) is 1. The van der Waals surface area contributed by atoms with Crippen LogP contribution in [0.2, 0.25) is 0 Å². The molecule has 0 rings (SSSR count). The van der Waals surface area contributed by atoms with Crippen molar-refractivity contribution in [1.82, 2.24) is 5.48 Å². The van der Waals surface area contributed by atoms with Crippen molar-refractivity contribution in [2.24, 2.45) is 0 Å². The molecule has 0 spiro atoms. The summed E-state index contributed by atoms with van der Waals surface area (Å²) >= 11 is 0. The molecule has 68 valence electrons. The van der Waals surface area contributed by atoms with E-state index in [2.05, 4.69) is 19.3 Å². The quantitative estimate of drug-likeness (QED) is 0.434. The topological polar surface area (TPSA) is 21.3 Å². The lowest BCUT2D eigenvalue weighted by atomic mass is 10.3. The second-order valence-electron chi connectivity index (χ2n) is 2.80. The molecule has 0 aliphatic rings. The lowest BCUT2D eigenvalue weighted by Crippen LogP contribution is -2.16. The Morgan fingerprint density at radius 2 is 1.73 bits per heavy atom. The molecule has 0 aliphatic heterocycles. The highest BCUT2D eigenvalue weighted by atomic mass is 16.6. The second-order valence-corrected chi connectivity index (χ2v) is 2.80. The molecule has 0 bridgehead atoms. The van der Waals surface area contributed by atoms with E-state index in [0.29, 0.717) is 0 Å². The zero-order valence-corrected chi connectivity index (χ0v) is 7.86. The van der Waals surface area contributed by atoms with E-state index in [9.17, 15) is 0 Å². The maximum absolute atomic E-state index is 5.17. The van der Waals surface area contributed by atoms with Gasteiger partial charge in [0.25, 0.3) is 0 Å². The first kappa shape index (κ1) is 10.9. The van der Waals surface area contributed by atoms with E-state index in [1.807, 2.05) is 0 Å². The minimum atomic E-state index is 0.850. The van der Waals surface area contributed by atoms with Crippen LogP contribution in [0.3, 0.4) is 0 Å². The number of unbranched alkanes of at least 4 members (excludes halogenated alkanes) is 3. The smallest absolute Gasteiger partial charge is 0.0682 e. The monoisotopic (exact) mass is 159 g/mol. The van der Waals surface area contributed by atoms with E-state index in [1.165, 1.54) is 25.7 Å². The van der Waals surface area contributed by atoms with Crippen LogP contribution in [0.25, 0.3) is 0 Å². The van der Waals surface area contributed by atoms with Crippen molar-refractivity contribution >= 4 is 0 Å². The Kier molecular flexibility index (Phi) is 9.85. The SMILES string of the molecule is CCCCCNOCCCC. The van der Waals surface area contributed by atoms with Crippen LogP contribution in [0, 0.1) is 0 Å². The van der Waals surface area contributed by atoms with Crippen LogP contribution in [0.5, 0.6) is 0 Å². The minimum Gasteiger partial charge on any atom is -0.302 e. The van der Waals surface area contributed by atoms with Crippen LogP contribution in [-0.2, 0) is 4.84 Å². The van der Waals surface area contributed by atoms with Crippen LogP contribution in [-0.4, -0.2) is 13.2 Å². The molecule has 0 fully saturated rings. The third-order valence-corrected chi connectivity index (χ3v) is 1.58. The molecule has 0 atom stereocenters. The first-order valence-corrected chi connectivity index (χ1v) is 4.76. The minimum absolute atomic E-state index is 0.850. The van der Waals surface area contributed by atoms with Crippen LogP contribution in [0.1, 0.15) is 46.0 Å². The number of hydrogen-bond acceptors (Lipinski definition) is 2. The van der Waals surface area contributed by atoms with E-state index < -0.39 is 0 Å². The first-order valence-electron chi connectivity index (χ1n) is 4.76. The molecule has 2 heteroatoms. The van der Waals surface area contributed by atoms with E-state index in [4.69, 9.17) is 4.84 Å². The van der Waals surface area contributed by atoms with Gasteiger partial charge in [-0.3, -0.25) is 0 Å². The molecule has 0 heterocycles. The predicted molar refractivity (Wildman–Crippen MR) is 48.4 cm³/mol. The number of rotatable bonds is 8. The Balaban J connectivity index is 2.69. The van der Waals surface area contributed by atoms with Crippen molar-refractivity contribution in [3.8, 4) is 0 Å². The van der Waals surface area contributed by atoms with E-state index in [0.717, 1.165) is 19.6 Å². The predicted octanol–water partition coefficient (Wildman–Crippen LogP) is 2.50. The van der Waals surface area contributed by atoms with Crippen LogP contribution >= 0.6 is 0 Å². The third kappa shape index (κ3) is 9.92. The van der Waals surface area contributed by atoms with Gasteiger partial charge >= 0.3 is 0 Å². The summed E-state index contributed by atoms with van der Waals surface area (Å²) in [5.41, 5.74) is 2.96. The summed E-state index contributed by atoms with van der Waals surface area (Å²) in [4.78, 5) is 5.17. The standard InChI is InChI=1S/C9H21NO/c1-3-5-7-8-10-11-9-6-4-2/h10H,3-9H2,1-2H3. The fourth-order valence-corrected chi connectivity index (χ4v) is 0.808. The summed E-state index contributed by atoms with van der Waals surface area (Å²) in [5.74, 6) is 0. The van der Waals surface area contributed by atoms with E-state index in [-0.39, 0.29) is 0 Å². The Labute approximate surface area is 70.3 Å². The van der Waals surface area contributed by atoms with E-state index >= 15 is 0 Å². The molecule has 1 N–H and O–H groups in total. The van der Waals surface area contributed by atoms with Crippen molar-refractivity contribution in [2.45, 2.75) is 46.0 Å². The van der Waals surface area contributed by atoms with Gasteiger partial charge in [-0.1, -0.05) is 33.1 Å². The average Bonchev–Trinajstić information content (AvgIpc) is 2.03. The van der Waals surface area contributed by atoms with Gasteiger partial charge in [0.05, 0.1) is 6.61 Å². The maximum Gasteiger partial charge on any atom is 0.0682 e. The normalized spacial score (nSPS) is 10.4. The highest BCUT2D eigenvalue weighted by Gasteiger charge is 1.86. The molecular weight excluding hydrogens is 138 g/mol. The molecule has 0 aromatic heterocycles. The number of nitrogens with one attached hydrogen (secondary N) is 1. The molecular formula is C9H21NO. The molecule has 11 heavy (non-hydrogen) atoms. The second kappa shape index (κ2) is 9.92. The Morgan fingerprint density at radius 3 is 2.36 bits per heavy atom. The highest BCUT2D eigenvalue weighted by molar-refractivity contribution is 4.38. The molecule has 0 saturated carbocycles. The third-order valence-electron chi connectivity index (χ3n) is 1.58. The lowest BCUT2D eigenvalue weighted by Gasteiger charge is -2.03. The van der Waals surface area contributed by atoms with Crippen molar-refractivity contribution in [2.75, 3.05) is 13.2 Å². The van der Waals surface area contributed by atoms with Gasteiger partial charge in [-0.15, -0.1) is 0 Å². The molecule has 0 unspecified atom stereocenters. The van der Waals surface area contributed by atoms with Crippen LogP contribution in [0.15, 0.2) is 0 Å². The zero-order valence-electron chi connectivity index (χ0n) is 7.86.